The molecule has 1 aromatic rings. The summed E-state index contributed by atoms with van der Waals surface area (Å²) in [5.41, 5.74) is 1.68. The third-order valence-corrected chi connectivity index (χ3v) is 2.13. The van der Waals surface area contributed by atoms with E-state index in [0.717, 1.165) is 5.02 Å². The predicted octanol–water partition coefficient (Wildman–Crippen LogP) is 3.94. The average Bonchev–Trinajstić information content (AvgIpc) is 2.33. The Balaban J connectivity index is 0.000000302. The number of carbonyl (C=O) groups is 1. The van der Waals surface area contributed by atoms with Crippen LogP contribution in [0.2, 0.25) is 5.02 Å². The quantitative estimate of drug-likeness (QED) is 0.463. The Morgan fingerprint density at radius 1 is 1.41 bits per heavy atom. The van der Waals surface area contributed by atoms with Gasteiger partial charge in [-0.05, 0) is 25.5 Å². The SMILES string of the molecule is C=CCC(=C)C(=O)OC.Cc1ccc(Cl)cc1. The molecule has 0 aliphatic carbocycles. The zero-order valence-corrected chi connectivity index (χ0v) is 11.0. The maximum absolute atomic E-state index is 10.5. The number of allylic oxidation sites excluding steroid dienone is 1. The second-order valence-electron chi connectivity index (χ2n) is 3.38. The van der Waals surface area contributed by atoms with Crippen LogP contribution in [0.4, 0.5) is 0 Å². The highest BCUT2D eigenvalue weighted by Crippen LogP contribution is 2.07. The fourth-order valence-corrected chi connectivity index (χ4v) is 1.06. The second kappa shape index (κ2) is 8.59. The third kappa shape index (κ3) is 7.36. The van der Waals surface area contributed by atoms with E-state index >= 15 is 0 Å². The van der Waals surface area contributed by atoms with Crippen molar-refractivity contribution in [3.63, 3.8) is 0 Å². The van der Waals surface area contributed by atoms with Gasteiger partial charge in [-0.1, -0.05) is 42.0 Å². The highest BCUT2D eigenvalue weighted by molar-refractivity contribution is 6.30. The molecule has 0 N–H and O–H groups in total. The van der Waals surface area contributed by atoms with Gasteiger partial charge >= 0.3 is 5.97 Å². The van der Waals surface area contributed by atoms with Crippen LogP contribution in [0, 0.1) is 6.92 Å². The first-order valence-electron chi connectivity index (χ1n) is 5.10. The van der Waals surface area contributed by atoms with E-state index in [1.165, 1.54) is 12.7 Å². The zero-order chi connectivity index (χ0) is 13.3. The van der Waals surface area contributed by atoms with Gasteiger partial charge in [-0.25, -0.2) is 4.79 Å². The van der Waals surface area contributed by atoms with Crippen molar-refractivity contribution < 1.29 is 9.53 Å². The van der Waals surface area contributed by atoms with Crippen molar-refractivity contribution in [1.82, 2.24) is 0 Å². The Labute approximate surface area is 108 Å². The van der Waals surface area contributed by atoms with E-state index in [2.05, 4.69) is 17.9 Å². The van der Waals surface area contributed by atoms with Crippen LogP contribution in [0.1, 0.15) is 12.0 Å². The molecule has 17 heavy (non-hydrogen) atoms. The zero-order valence-electron chi connectivity index (χ0n) is 10.2. The van der Waals surface area contributed by atoms with E-state index in [-0.39, 0.29) is 5.97 Å². The van der Waals surface area contributed by atoms with Crippen molar-refractivity contribution in [2.24, 2.45) is 0 Å². The number of aryl methyl sites for hydroxylation is 1. The third-order valence-electron chi connectivity index (χ3n) is 1.88. The molecule has 0 aliphatic heterocycles. The summed E-state index contributed by atoms with van der Waals surface area (Å²) < 4.78 is 4.38. The van der Waals surface area contributed by atoms with Gasteiger partial charge in [-0.15, -0.1) is 6.58 Å². The van der Waals surface area contributed by atoms with Gasteiger partial charge < -0.3 is 4.74 Å². The predicted molar refractivity (Wildman–Crippen MR) is 72.2 cm³/mol. The van der Waals surface area contributed by atoms with E-state index in [1.54, 1.807) is 6.08 Å². The van der Waals surface area contributed by atoms with E-state index < -0.39 is 0 Å². The Hall–Kier alpha value is -1.54. The fourth-order valence-electron chi connectivity index (χ4n) is 0.935. The van der Waals surface area contributed by atoms with Crippen LogP contribution >= 0.6 is 11.6 Å². The van der Waals surface area contributed by atoms with E-state index in [9.17, 15) is 4.79 Å². The molecule has 0 heterocycles. The number of ether oxygens (including phenoxy) is 1. The highest BCUT2D eigenvalue weighted by Gasteiger charge is 2.01. The Kier molecular flexibility index (Phi) is 7.82. The summed E-state index contributed by atoms with van der Waals surface area (Å²) in [6.07, 6.45) is 2.10. The van der Waals surface area contributed by atoms with Crippen LogP contribution in [0.15, 0.2) is 49.1 Å². The van der Waals surface area contributed by atoms with Gasteiger partial charge in [0.15, 0.2) is 0 Å². The molecule has 0 fully saturated rings. The molecule has 1 rings (SSSR count). The Morgan fingerprint density at radius 2 is 1.94 bits per heavy atom. The molecule has 3 heteroatoms. The molecule has 0 atom stereocenters. The molecule has 2 nitrogen and oxygen atoms in total. The lowest BCUT2D eigenvalue weighted by molar-refractivity contribution is -0.136. The Bertz CT molecular complexity index is 359. The molecule has 1 aromatic carbocycles. The molecule has 0 bridgehead atoms. The summed E-state index contributed by atoms with van der Waals surface area (Å²) in [6.45, 7) is 8.96. The van der Waals surface area contributed by atoms with Gasteiger partial charge in [0.25, 0.3) is 0 Å². The van der Waals surface area contributed by atoms with Crippen molar-refractivity contribution in [2.45, 2.75) is 13.3 Å². The highest BCUT2D eigenvalue weighted by atomic mass is 35.5. The molecule has 0 aromatic heterocycles. The van der Waals surface area contributed by atoms with E-state index in [1.807, 2.05) is 31.2 Å². The summed E-state index contributed by atoms with van der Waals surface area (Å²) in [6, 6.07) is 7.75. The van der Waals surface area contributed by atoms with Gasteiger partial charge in [0.05, 0.1) is 7.11 Å². The molecule has 0 saturated heterocycles. The van der Waals surface area contributed by atoms with Crippen molar-refractivity contribution in [3.8, 4) is 0 Å². The van der Waals surface area contributed by atoms with Crippen LogP contribution in [-0.2, 0) is 9.53 Å². The smallest absolute Gasteiger partial charge is 0.333 e. The Morgan fingerprint density at radius 3 is 2.29 bits per heavy atom. The number of hydrogen-bond acceptors (Lipinski definition) is 2. The maximum Gasteiger partial charge on any atom is 0.333 e. The van der Waals surface area contributed by atoms with Crippen molar-refractivity contribution in [2.75, 3.05) is 7.11 Å². The van der Waals surface area contributed by atoms with Gasteiger partial charge in [0.2, 0.25) is 0 Å². The minimum absolute atomic E-state index is 0.366. The molecular formula is C14H17ClO2. The summed E-state index contributed by atoms with van der Waals surface area (Å²) in [4.78, 5) is 10.5. The van der Waals surface area contributed by atoms with Gasteiger partial charge in [0, 0.05) is 10.6 Å². The number of rotatable bonds is 3. The molecule has 0 aliphatic rings. The second-order valence-corrected chi connectivity index (χ2v) is 3.82. The van der Waals surface area contributed by atoms with E-state index in [0.29, 0.717) is 12.0 Å². The van der Waals surface area contributed by atoms with Crippen LogP contribution in [0.5, 0.6) is 0 Å². The summed E-state index contributed by atoms with van der Waals surface area (Å²) in [7, 11) is 1.33. The minimum atomic E-state index is -0.366. The molecule has 0 unspecified atom stereocenters. The first-order chi connectivity index (χ1) is 8.01. The summed E-state index contributed by atoms with van der Waals surface area (Å²) in [5.74, 6) is -0.366. The standard InChI is InChI=1S/C7H7Cl.C7H10O2/c1-6-2-4-7(8)5-3-6;1-4-5-6(2)7(8)9-3/h2-5H,1H3;4H,1-2,5H2,3H3. The first-order valence-corrected chi connectivity index (χ1v) is 5.48. The lowest BCUT2D eigenvalue weighted by Gasteiger charge is -1.96. The van der Waals surface area contributed by atoms with Crippen LogP contribution in [0.3, 0.4) is 0 Å². The van der Waals surface area contributed by atoms with Gasteiger partial charge in [-0.2, -0.15) is 0 Å². The van der Waals surface area contributed by atoms with Crippen molar-refractivity contribution in [3.05, 3.63) is 59.7 Å². The number of carbonyl (C=O) groups excluding carboxylic acids is 1. The molecule has 92 valence electrons. The topological polar surface area (TPSA) is 26.3 Å². The van der Waals surface area contributed by atoms with E-state index in [4.69, 9.17) is 11.6 Å². The number of benzene rings is 1. The first kappa shape index (κ1) is 15.5. The van der Waals surface area contributed by atoms with Crippen LogP contribution in [0.25, 0.3) is 0 Å². The number of methoxy groups -OCH3 is 1. The van der Waals surface area contributed by atoms with Crippen molar-refractivity contribution >= 4 is 17.6 Å². The van der Waals surface area contributed by atoms with Gasteiger partial charge in [-0.3, -0.25) is 0 Å². The molecule has 0 spiro atoms. The molecular weight excluding hydrogens is 236 g/mol. The lowest BCUT2D eigenvalue weighted by atomic mass is 10.2. The molecule has 0 saturated carbocycles. The fraction of sp³-hybridized carbons (Fsp3) is 0.214. The lowest BCUT2D eigenvalue weighted by Crippen LogP contribution is -2.01. The monoisotopic (exact) mass is 252 g/mol. The number of halogens is 1. The van der Waals surface area contributed by atoms with Crippen LogP contribution < -0.4 is 0 Å². The average molecular weight is 253 g/mol. The number of hydrogen-bond donors (Lipinski definition) is 0. The summed E-state index contributed by atoms with van der Waals surface area (Å²) in [5, 5.41) is 0.801. The minimum Gasteiger partial charge on any atom is -0.466 e. The molecule has 0 amide bonds. The summed E-state index contributed by atoms with van der Waals surface area (Å²) >= 11 is 5.61. The maximum atomic E-state index is 10.5. The largest absolute Gasteiger partial charge is 0.466 e. The normalized spacial score (nSPS) is 8.65. The van der Waals surface area contributed by atoms with Crippen LogP contribution in [-0.4, -0.2) is 13.1 Å². The number of esters is 1. The van der Waals surface area contributed by atoms with Crippen molar-refractivity contribution in [1.29, 1.82) is 0 Å². The van der Waals surface area contributed by atoms with Gasteiger partial charge in [0.1, 0.15) is 0 Å². The molecule has 0 radical (unpaired) electrons.